The van der Waals surface area contributed by atoms with Gasteiger partial charge < -0.3 is 0 Å². The smallest absolute Gasteiger partial charge is 0.265 e. The molecule has 4 nitrogen and oxygen atoms in total. The molecule has 0 aromatic heterocycles. The normalized spacial score (nSPS) is 17.4. The second kappa shape index (κ2) is 6.86. The molecule has 110 valence electrons. The van der Waals surface area contributed by atoms with Gasteiger partial charge in [-0.25, -0.2) is 5.84 Å². The van der Waals surface area contributed by atoms with Gasteiger partial charge in [0.2, 0.25) is 0 Å². The van der Waals surface area contributed by atoms with E-state index in [0.29, 0.717) is 5.56 Å². The Kier molecular flexibility index (Phi) is 5.15. The van der Waals surface area contributed by atoms with Gasteiger partial charge in [0, 0.05) is 12.1 Å². The van der Waals surface area contributed by atoms with E-state index in [-0.39, 0.29) is 5.91 Å². The highest BCUT2D eigenvalue weighted by Crippen LogP contribution is 2.25. The second-order valence-corrected chi connectivity index (χ2v) is 6.03. The maximum absolute atomic E-state index is 11.5. The van der Waals surface area contributed by atoms with Crippen LogP contribution in [-0.4, -0.2) is 23.9 Å². The summed E-state index contributed by atoms with van der Waals surface area (Å²) in [5.41, 5.74) is 3.98. The minimum Gasteiger partial charge on any atom is -0.299 e. The second-order valence-electron chi connectivity index (χ2n) is 6.03. The molecule has 0 aliphatic carbocycles. The van der Waals surface area contributed by atoms with E-state index in [2.05, 4.69) is 30.2 Å². The Balaban J connectivity index is 1.93. The van der Waals surface area contributed by atoms with Crippen LogP contribution in [0.2, 0.25) is 0 Å². The van der Waals surface area contributed by atoms with E-state index in [1.54, 1.807) is 6.07 Å². The monoisotopic (exact) mass is 275 g/mol. The van der Waals surface area contributed by atoms with Crippen LogP contribution in [0.5, 0.6) is 0 Å². The Hall–Kier alpha value is -1.39. The highest BCUT2D eigenvalue weighted by atomic mass is 16.2. The number of nitrogens with one attached hydrogen (secondary N) is 1. The van der Waals surface area contributed by atoms with Gasteiger partial charge in [-0.1, -0.05) is 26.0 Å². The van der Waals surface area contributed by atoms with Crippen molar-refractivity contribution in [2.24, 2.45) is 17.7 Å². The van der Waals surface area contributed by atoms with Gasteiger partial charge in [-0.05, 0) is 55.5 Å². The average Bonchev–Trinajstić information content (AvgIpc) is 2.47. The van der Waals surface area contributed by atoms with Gasteiger partial charge in [0.25, 0.3) is 5.91 Å². The number of nitrogen functional groups attached to an aromatic ring is 1. The molecule has 0 atom stereocenters. The first-order chi connectivity index (χ1) is 9.60. The molecule has 3 N–H and O–H groups in total. The molecule has 1 saturated heterocycles. The van der Waals surface area contributed by atoms with Crippen molar-refractivity contribution in [3.8, 4) is 0 Å². The number of hydrogen-bond donors (Lipinski definition) is 2. The molecule has 0 unspecified atom stereocenters. The van der Waals surface area contributed by atoms with Gasteiger partial charge >= 0.3 is 0 Å². The molecule has 0 saturated carbocycles. The Morgan fingerprint density at radius 1 is 1.40 bits per heavy atom. The summed E-state index contributed by atoms with van der Waals surface area (Å²) in [6.07, 6.45) is 2.56. The third-order valence-corrected chi connectivity index (χ3v) is 4.30. The lowest BCUT2D eigenvalue weighted by molar-refractivity contribution is 0.0953. The lowest BCUT2D eigenvalue weighted by Crippen LogP contribution is -2.35. The van der Waals surface area contributed by atoms with E-state index in [4.69, 9.17) is 5.84 Å². The number of hydrazine groups is 1. The van der Waals surface area contributed by atoms with Gasteiger partial charge in [-0.15, -0.1) is 0 Å². The molecule has 1 fully saturated rings. The zero-order valence-electron chi connectivity index (χ0n) is 12.4. The largest absolute Gasteiger partial charge is 0.299 e. The third-order valence-electron chi connectivity index (χ3n) is 4.30. The minimum absolute atomic E-state index is 0.231. The summed E-state index contributed by atoms with van der Waals surface area (Å²) < 4.78 is 0. The lowest BCUT2D eigenvalue weighted by Gasteiger charge is -2.33. The molecule has 1 heterocycles. The average molecular weight is 275 g/mol. The first-order valence-electron chi connectivity index (χ1n) is 7.42. The van der Waals surface area contributed by atoms with Crippen LogP contribution in [-0.2, 0) is 6.54 Å². The number of carbonyl (C=O) groups excluding carboxylic acids is 1. The van der Waals surface area contributed by atoms with Crippen LogP contribution >= 0.6 is 0 Å². The summed E-state index contributed by atoms with van der Waals surface area (Å²) >= 11 is 0. The Bertz CT molecular complexity index is 451. The van der Waals surface area contributed by atoms with Gasteiger partial charge in [-0.2, -0.15) is 0 Å². The van der Waals surface area contributed by atoms with Crippen molar-refractivity contribution in [3.63, 3.8) is 0 Å². The molecule has 2 rings (SSSR count). The van der Waals surface area contributed by atoms with Crippen LogP contribution in [0.15, 0.2) is 24.3 Å². The topological polar surface area (TPSA) is 58.4 Å². The summed E-state index contributed by atoms with van der Waals surface area (Å²) in [6.45, 7) is 7.84. The molecule has 1 aliphatic rings. The Labute approximate surface area is 121 Å². The molecular formula is C16H25N3O. The molecule has 0 radical (unpaired) electrons. The quantitative estimate of drug-likeness (QED) is 0.503. The third kappa shape index (κ3) is 3.81. The van der Waals surface area contributed by atoms with Crippen LogP contribution in [0.25, 0.3) is 0 Å². The van der Waals surface area contributed by atoms with Crippen molar-refractivity contribution in [2.75, 3.05) is 13.1 Å². The number of amides is 1. The molecule has 1 aliphatic heterocycles. The summed E-state index contributed by atoms with van der Waals surface area (Å²) in [4.78, 5) is 14.0. The maximum Gasteiger partial charge on any atom is 0.265 e. The number of likely N-dealkylation sites (tertiary alicyclic amines) is 1. The number of nitrogens with two attached hydrogens (primary N) is 1. The molecule has 1 aromatic carbocycles. The molecule has 20 heavy (non-hydrogen) atoms. The number of piperidine rings is 1. The predicted molar refractivity (Wildman–Crippen MR) is 80.9 cm³/mol. The number of benzene rings is 1. The molecule has 0 spiro atoms. The Morgan fingerprint density at radius 2 is 2.10 bits per heavy atom. The van der Waals surface area contributed by atoms with Crippen LogP contribution in [0.4, 0.5) is 0 Å². The molecule has 1 aromatic rings. The zero-order chi connectivity index (χ0) is 14.5. The van der Waals surface area contributed by atoms with Gasteiger partial charge in [0.15, 0.2) is 0 Å². The van der Waals surface area contributed by atoms with Crippen LogP contribution in [0, 0.1) is 11.8 Å². The number of nitrogens with zero attached hydrogens (tertiary/aromatic N) is 1. The van der Waals surface area contributed by atoms with Gasteiger partial charge in [0.1, 0.15) is 0 Å². The van der Waals surface area contributed by atoms with E-state index >= 15 is 0 Å². The maximum atomic E-state index is 11.5. The fourth-order valence-corrected chi connectivity index (χ4v) is 2.93. The lowest BCUT2D eigenvalue weighted by atomic mass is 9.86. The van der Waals surface area contributed by atoms with Gasteiger partial charge in [-0.3, -0.25) is 15.1 Å². The summed E-state index contributed by atoms with van der Waals surface area (Å²) in [5, 5.41) is 0. The van der Waals surface area contributed by atoms with Crippen LogP contribution in [0.3, 0.4) is 0 Å². The first-order valence-corrected chi connectivity index (χ1v) is 7.42. The first kappa shape index (κ1) is 15.0. The zero-order valence-corrected chi connectivity index (χ0v) is 12.4. The summed E-state index contributed by atoms with van der Waals surface area (Å²) in [7, 11) is 0. The molecule has 0 bridgehead atoms. The SMILES string of the molecule is CC(C)C1CCN(Cc2cccc(C(=O)NN)c2)CC1. The van der Waals surface area contributed by atoms with E-state index in [0.717, 1.165) is 31.5 Å². The van der Waals surface area contributed by atoms with Crippen LogP contribution in [0.1, 0.15) is 42.6 Å². The van der Waals surface area contributed by atoms with E-state index in [9.17, 15) is 4.79 Å². The fourth-order valence-electron chi connectivity index (χ4n) is 2.93. The van der Waals surface area contributed by atoms with Gasteiger partial charge in [0.05, 0.1) is 0 Å². The fraction of sp³-hybridized carbons (Fsp3) is 0.562. The molecule has 4 heteroatoms. The van der Waals surface area contributed by atoms with Crippen LogP contribution < -0.4 is 11.3 Å². The van der Waals surface area contributed by atoms with Crippen molar-refractivity contribution in [3.05, 3.63) is 35.4 Å². The van der Waals surface area contributed by atoms with E-state index < -0.39 is 0 Å². The standard InChI is InChI=1S/C16H25N3O/c1-12(2)14-6-8-19(9-7-14)11-13-4-3-5-15(10-13)16(20)18-17/h3-5,10,12,14H,6-9,11,17H2,1-2H3,(H,18,20). The highest BCUT2D eigenvalue weighted by Gasteiger charge is 2.21. The number of rotatable bonds is 4. The Morgan fingerprint density at radius 3 is 2.70 bits per heavy atom. The van der Waals surface area contributed by atoms with Crippen molar-refractivity contribution in [2.45, 2.75) is 33.2 Å². The van der Waals surface area contributed by atoms with Crippen molar-refractivity contribution >= 4 is 5.91 Å². The van der Waals surface area contributed by atoms with Crippen molar-refractivity contribution in [1.82, 2.24) is 10.3 Å². The van der Waals surface area contributed by atoms with E-state index in [1.165, 1.54) is 18.4 Å². The van der Waals surface area contributed by atoms with Crippen molar-refractivity contribution in [1.29, 1.82) is 0 Å². The highest BCUT2D eigenvalue weighted by molar-refractivity contribution is 5.93. The predicted octanol–water partition coefficient (Wildman–Crippen LogP) is 2.16. The summed E-state index contributed by atoms with van der Waals surface area (Å²) in [6, 6.07) is 7.70. The minimum atomic E-state index is -0.231. The number of carbonyl (C=O) groups is 1. The van der Waals surface area contributed by atoms with E-state index in [1.807, 2.05) is 12.1 Å². The molecular weight excluding hydrogens is 250 g/mol. The van der Waals surface area contributed by atoms with Crippen molar-refractivity contribution < 1.29 is 4.79 Å². The summed E-state index contributed by atoms with van der Waals surface area (Å²) in [5.74, 6) is 6.59. The number of hydrogen-bond acceptors (Lipinski definition) is 3. The molecule has 1 amide bonds.